The minimum Gasteiger partial charge on any atom is -0.478 e. The number of carboxylic acids is 1. The molecule has 0 aromatic carbocycles. The largest absolute Gasteiger partial charge is 0.478 e. The lowest BCUT2D eigenvalue weighted by Crippen LogP contribution is -2.54. The normalized spacial score (nSPS) is 43.1. The molecule has 0 radical (unpaired) electrons. The molecule has 0 heterocycles. The molecular formula is C27H42N2O4. The van der Waals surface area contributed by atoms with Crippen molar-refractivity contribution in [2.24, 2.45) is 57.1 Å². The number of carbonyl (C=O) groups excluding carboxylic acids is 1. The Balaban J connectivity index is 1.44. The Hall–Kier alpha value is -1.69. The molecule has 0 bridgehead atoms. The number of hydrogen-bond donors (Lipinski definition) is 2. The van der Waals surface area contributed by atoms with Gasteiger partial charge in [-0.05, 0) is 98.2 Å². The highest BCUT2D eigenvalue weighted by molar-refractivity contribution is 6.08. The molecule has 4 aliphatic carbocycles. The van der Waals surface area contributed by atoms with E-state index in [9.17, 15) is 9.59 Å². The van der Waals surface area contributed by atoms with Gasteiger partial charge in [0.25, 0.3) is 0 Å². The smallest absolute Gasteiger partial charge is 0.338 e. The summed E-state index contributed by atoms with van der Waals surface area (Å²) in [6, 6.07) is 0. The zero-order chi connectivity index (χ0) is 23.8. The maximum atomic E-state index is 13.2. The Morgan fingerprint density at radius 3 is 2.48 bits per heavy atom. The lowest BCUT2D eigenvalue weighted by molar-refractivity contribution is -0.137. The first-order valence-corrected chi connectivity index (χ1v) is 12.9. The van der Waals surface area contributed by atoms with Gasteiger partial charge in [0.2, 0.25) is 0 Å². The SMILES string of the molecule is COCC1CCC2(C)C(CCC3C2CCC2(C)C(C(=O)CN=CC(=CN)C(=O)O)CCC32)C1. The highest BCUT2D eigenvalue weighted by Gasteiger charge is 2.61. The van der Waals surface area contributed by atoms with Crippen LogP contribution in [-0.2, 0) is 14.3 Å². The van der Waals surface area contributed by atoms with Crippen molar-refractivity contribution in [3.8, 4) is 0 Å². The van der Waals surface area contributed by atoms with E-state index in [0.717, 1.165) is 55.7 Å². The molecule has 8 unspecified atom stereocenters. The number of nitrogens with zero attached hydrogens (tertiary/aromatic N) is 1. The predicted molar refractivity (Wildman–Crippen MR) is 129 cm³/mol. The molecule has 4 aliphatic rings. The number of aliphatic carboxylic acids is 1. The highest BCUT2D eigenvalue weighted by atomic mass is 16.5. The van der Waals surface area contributed by atoms with Gasteiger partial charge in [0.05, 0.1) is 12.1 Å². The van der Waals surface area contributed by atoms with Crippen LogP contribution in [0.2, 0.25) is 0 Å². The quantitative estimate of drug-likeness (QED) is 0.433. The van der Waals surface area contributed by atoms with Gasteiger partial charge in [-0.25, -0.2) is 4.79 Å². The monoisotopic (exact) mass is 458 g/mol. The minimum absolute atomic E-state index is 0.0405. The van der Waals surface area contributed by atoms with E-state index >= 15 is 0 Å². The molecule has 3 N–H and O–H groups in total. The number of carbonyl (C=O) groups is 2. The van der Waals surface area contributed by atoms with Gasteiger partial charge in [-0.1, -0.05) is 13.8 Å². The van der Waals surface area contributed by atoms with Crippen molar-refractivity contribution >= 4 is 18.0 Å². The third-order valence-corrected chi connectivity index (χ3v) is 10.5. The van der Waals surface area contributed by atoms with Crippen LogP contribution in [0.25, 0.3) is 0 Å². The zero-order valence-electron chi connectivity index (χ0n) is 20.6. The standard InChI is InChI=1S/C27H42N2O4/c1-26-10-8-17(16-33-3)12-19(26)4-5-20-21-6-7-23(27(21,2)11-9-22(20)26)24(30)15-29-14-18(13-28)25(31)32/h13-14,17,19-23H,4-12,15-16,28H2,1-3H3,(H,31,32). The molecule has 0 aromatic rings. The van der Waals surface area contributed by atoms with E-state index in [4.69, 9.17) is 15.6 Å². The van der Waals surface area contributed by atoms with Gasteiger partial charge >= 0.3 is 5.97 Å². The number of rotatable bonds is 7. The summed E-state index contributed by atoms with van der Waals surface area (Å²) in [5, 5.41) is 9.07. The first-order chi connectivity index (χ1) is 15.7. The van der Waals surface area contributed by atoms with Crippen molar-refractivity contribution in [2.45, 2.75) is 71.6 Å². The van der Waals surface area contributed by atoms with Gasteiger partial charge < -0.3 is 15.6 Å². The fourth-order valence-electron chi connectivity index (χ4n) is 8.78. The summed E-state index contributed by atoms with van der Waals surface area (Å²) < 4.78 is 5.48. The van der Waals surface area contributed by atoms with Crippen LogP contribution in [0.3, 0.4) is 0 Å². The number of ether oxygens (including phenoxy) is 1. The second-order valence-electron chi connectivity index (χ2n) is 11.8. The molecule has 4 saturated carbocycles. The van der Waals surface area contributed by atoms with Crippen molar-refractivity contribution in [1.82, 2.24) is 0 Å². The molecule has 6 nitrogen and oxygen atoms in total. The number of nitrogens with two attached hydrogens (primary N) is 1. The van der Waals surface area contributed by atoms with Gasteiger partial charge in [-0.3, -0.25) is 9.79 Å². The summed E-state index contributed by atoms with van der Waals surface area (Å²) in [5.41, 5.74) is 5.76. The summed E-state index contributed by atoms with van der Waals surface area (Å²) in [6.45, 7) is 5.89. The maximum absolute atomic E-state index is 13.2. The molecule has 4 rings (SSSR count). The van der Waals surface area contributed by atoms with Crippen molar-refractivity contribution in [1.29, 1.82) is 0 Å². The van der Waals surface area contributed by atoms with Gasteiger partial charge in [-0.15, -0.1) is 0 Å². The van der Waals surface area contributed by atoms with Gasteiger partial charge in [-0.2, -0.15) is 0 Å². The van der Waals surface area contributed by atoms with Crippen LogP contribution in [-0.4, -0.2) is 43.3 Å². The molecule has 0 aromatic heterocycles. The maximum Gasteiger partial charge on any atom is 0.338 e. The van der Waals surface area contributed by atoms with Crippen LogP contribution in [0.1, 0.15) is 71.6 Å². The van der Waals surface area contributed by atoms with Crippen LogP contribution in [0.5, 0.6) is 0 Å². The summed E-state index contributed by atoms with van der Waals surface area (Å²) >= 11 is 0. The Morgan fingerprint density at radius 2 is 1.79 bits per heavy atom. The second-order valence-corrected chi connectivity index (χ2v) is 11.8. The number of Topliss-reactive ketones (excluding diaryl/α,β-unsaturated/α-hetero) is 1. The lowest BCUT2D eigenvalue weighted by Gasteiger charge is -2.61. The topological polar surface area (TPSA) is 102 Å². The molecular weight excluding hydrogens is 416 g/mol. The molecule has 0 amide bonds. The molecule has 0 aliphatic heterocycles. The van der Waals surface area contributed by atoms with Crippen molar-refractivity contribution in [3.05, 3.63) is 11.8 Å². The van der Waals surface area contributed by atoms with Crippen LogP contribution >= 0.6 is 0 Å². The van der Waals surface area contributed by atoms with E-state index in [-0.39, 0.29) is 29.2 Å². The molecule has 0 spiro atoms. The van der Waals surface area contributed by atoms with Gasteiger partial charge in [0.15, 0.2) is 5.78 Å². The first kappa shape index (κ1) is 24.4. The van der Waals surface area contributed by atoms with Crippen LogP contribution < -0.4 is 5.73 Å². The molecule has 6 heteroatoms. The Labute approximate surface area is 198 Å². The third-order valence-electron chi connectivity index (χ3n) is 10.5. The lowest BCUT2D eigenvalue weighted by atomic mass is 9.44. The number of ketones is 1. The second kappa shape index (κ2) is 9.52. The average molecular weight is 459 g/mol. The number of fused-ring (bicyclic) bond motifs is 5. The average Bonchev–Trinajstić information content (AvgIpc) is 3.14. The van der Waals surface area contributed by atoms with Gasteiger partial charge in [0, 0.05) is 32.0 Å². The highest BCUT2D eigenvalue weighted by Crippen LogP contribution is 2.67. The summed E-state index contributed by atoms with van der Waals surface area (Å²) in [4.78, 5) is 28.4. The molecule has 8 atom stereocenters. The summed E-state index contributed by atoms with van der Waals surface area (Å²) in [6.07, 6.45) is 13.3. The van der Waals surface area contributed by atoms with E-state index in [0.29, 0.717) is 11.3 Å². The van der Waals surface area contributed by atoms with E-state index in [1.165, 1.54) is 44.7 Å². The fraction of sp³-hybridized carbons (Fsp3) is 0.815. The van der Waals surface area contributed by atoms with Crippen molar-refractivity contribution in [3.63, 3.8) is 0 Å². The van der Waals surface area contributed by atoms with E-state index in [1.54, 1.807) is 0 Å². The number of hydrogen-bond acceptors (Lipinski definition) is 5. The number of methoxy groups -OCH3 is 1. The zero-order valence-corrected chi connectivity index (χ0v) is 20.6. The molecule has 33 heavy (non-hydrogen) atoms. The van der Waals surface area contributed by atoms with Crippen LogP contribution in [0.4, 0.5) is 0 Å². The Morgan fingerprint density at radius 1 is 1.06 bits per heavy atom. The molecule has 4 fully saturated rings. The molecule has 184 valence electrons. The van der Waals surface area contributed by atoms with Crippen LogP contribution in [0.15, 0.2) is 16.8 Å². The Bertz CT molecular complexity index is 823. The minimum atomic E-state index is -1.12. The fourth-order valence-corrected chi connectivity index (χ4v) is 8.78. The van der Waals surface area contributed by atoms with Gasteiger partial charge in [0.1, 0.15) is 0 Å². The van der Waals surface area contributed by atoms with Crippen LogP contribution in [0, 0.1) is 46.3 Å². The molecule has 0 saturated heterocycles. The Kier molecular flexibility index (Phi) is 7.05. The van der Waals surface area contributed by atoms with Crippen molar-refractivity contribution < 1.29 is 19.4 Å². The van der Waals surface area contributed by atoms with E-state index in [1.807, 2.05) is 7.11 Å². The predicted octanol–water partition coefficient (Wildman–Crippen LogP) is 4.48. The number of aliphatic imine (C=N–C) groups is 1. The van der Waals surface area contributed by atoms with E-state index < -0.39 is 5.97 Å². The summed E-state index contributed by atoms with van der Waals surface area (Å²) in [5.74, 6) is 2.78. The van der Waals surface area contributed by atoms with Crippen molar-refractivity contribution in [2.75, 3.05) is 20.3 Å². The summed E-state index contributed by atoms with van der Waals surface area (Å²) in [7, 11) is 1.83. The number of carboxylic acid groups (broad SMARTS) is 1. The third kappa shape index (κ3) is 4.28. The first-order valence-electron chi connectivity index (χ1n) is 12.9. The van der Waals surface area contributed by atoms with E-state index in [2.05, 4.69) is 18.8 Å².